The predicted molar refractivity (Wildman–Crippen MR) is 109 cm³/mol. The van der Waals surface area contributed by atoms with Crippen LogP contribution < -0.4 is 9.30 Å². The predicted octanol–water partition coefficient (Wildman–Crippen LogP) is 5.70. The normalized spacial score (nSPS) is 21.0. The van der Waals surface area contributed by atoms with Crippen LogP contribution in [0.5, 0.6) is 5.75 Å². The molecule has 140 valence electrons. The fourth-order valence-corrected chi connectivity index (χ4v) is 5.97. The highest BCUT2D eigenvalue weighted by Crippen LogP contribution is 2.56. The fourth-order valence-electron chi connectivity index (χ4n) is 5.97. The Kier molecular flexibility index (Phi) is 3.35. The van der Waals surface area contributed by atoms with Crippen LogP contribution in [0.2, 0.25) is 0 Å². The van der Waals surface area contributed by atoms with Crippen LogP contribution in [0.15, 0.2) is 42.5 Å². The minimum Gasteiger partial charge on any atom is -0.449 e. The summed E-state index contributed by atoms with van der Waals surface area (Å²) in [6, 6.07) is 15.5. The summed E-state index contributed by atoms with van der Waals surface area (Å²) in [5.74, 6) is 2.84. The number of aromatic nitrogens is 2. The molecule has 2 aromatic carbocycles. The zero-order valence-corrected chi connectivity index (χ0v) is 17.0. The maximum absolute atomic E-state index is 6.56. The summed E-state index contributed by atoms with van der Waals surface area (Å²) in [6.07, 6.45) is 3.38. The molecule has 1 atom stereocenters. The number of imidazole rings is 1. The molecule has 3 heteroatoms. The Morgan fingerprint density at radius 3 is 2.44 bits per heavy atom. The van der Waals surface area contributed by atoms with E-state index in [9.17, 15) is 0 Å². The van der Waals surface area contributed by atoms with Gasteiger partial charge in [0.25, 0.3) is 5.82 Å². The van der Waals surface area contributed by atoms with Gasteiger partial charge in [0.05, 0.1) is 0 Å². The molecule has 0 spiro atoms. The van der Waals surface area contributed by atoms with E-state index in [1.54, 1.807) is 0 Å². The second-order valence-electron chi connectivity index (χ2n) is 8.52. The van der Waals surface area contributed by atoms with E-state index in [1.165, 1.54) is 28.0 Å². The monoisotopic (exact) mass is 361 g/mol. The van der Waals surface area contributed by atoms with E-state index in [-0.39, 0.29) is 5.54 Å². The Balaban J connectivity index is 2.06. The van der Waals surface area contributed by atoms with E-state index in [0.717, 1.165) is 25.0 Å². The van der Waals surface area contributed by atoms with Crippen molar-refractivity contribution in [3.05, 3.63) is 48.0 Å². The Labute approximate surface area is 161 Å². The quantitative estimate of drug-likeness (QED) is 0.547. The number of rotatable bonds is 3. The van der Waals surface area contributed by atoms with Gasteiger partial charge in [0.1, 0.15) is 16.9 Å². The zero-order valence-electron chi connectivity index (χ0n) is 17.0. The first-order chi connectivity index (χ1) is 13.0. The lowest BCUT2D eigenvalue weighted by atomic mass is 9.69. The number of nitrogens with zero attached hydrogens (tertiary/aromatic N) is 2. The molecule has 1 unspecified atom stereocenters. The third-order valence-electron chi connectivity index (χ3n) is 7.07. The van der Waals surface area contributed by atoms with Crippen molar-refractivity contribution in [2.45, 2.75) is 71.1 Å². The van der Waals surface area contributed by atoms with Crippen molar-refractivity contribution >= 4 is 11.0 Å². The number of fused-ring (bicyclic) bond motifs is 3. The Morgan fingerprint density at radius 2 is 1.74 bits per heavy atom. The molecule has 0 bridgehead atoms. The van der Waals surface area contributed by atoms with Crippen LogP contribution in [0.4, 0.5) is 0 Å². The van der Waals surface area contributed by atoms with Crippen molar-refractivity contribution in [3.8, 4) is 17.1 Å². The van der Waals surface area contributed by atoms with Gasteiger partial charge < -0.3 is 4.74 Å². The minimum absolute atomic E-state index is 0.0913. The topological polar surface area (TPSA) is 18.0 Å². The number of ether oxygens (including phenoxy) is 1. The van der Waals surface area contributed by atoms with Gasteiger partial charge in [-0.3, -0.25) is 0 Å². The summed E-state index contributed by atoms with van der Waals surface area (Å²) in [7, 11) is 0. The summed E-state index contributed by atoms with van der Waals surface area (Å²) < 4.78 is 11.7. The van der Waals surface area contributed by atoms with Crippen LogP contribution in [0.3, 0.4) is 0 Å². The Bertz CT molecular complexity index is 1060. The van der Waals surface area contributed by atoms with Crippen LogP contribution in [0.1, 0.15) is 65.4 Å². The van der Waals surface area contributed by atoms with Gasteiger partial charge >= 0.3 is 0 Å². The van der Waals surface area contributed by atoms with E-state index >= 15 is 0 Å². The average Bonchev–Trinajstić information content (AvgIpc) is 3.03. The first kappa shape index (κ1) is 16.9. The average molecular weight is 362 g/mol. The molecule has 0 amide bonds. The van der Waals surface area contributed by atoms with E-state index in [0.29, 0.717) is 5.92 Å². The van der Waals surface area contributed by atoms with Crippen molar-refractivity contribution in [3.63, 3.8) is 0 Å². The molecule has 1 aromatic heterocycles. The molecule has 3 aromatic rings. The molecule has 0 saturated carbocycles. The van der Waals surface area contributed by atoms with E-state index in [2.05, 4.69) is 86.2 Å². The summed E-state index contributed by atoms with van der Waals surface area (Å²) in [6.45, 7) is 11.4. The van der Waals surface area contributed by atoms with Crippen LogP contribution in [0.25, 0.3) is 22.4 Å². The minimum atomic E-state index is -0.419. The highest BCUT2D eigenvalue weighted by atomic mass is 16.5. The molecule has 5 rings (SSSR count). The molecule has 0 fully saturated rings. The lowest BCUT2D eigenvalue weighted by molar-refractivity contribution is -0.765. The standard InChI is InChI=1S/C24H29N2O/c1-6-17-16-12-11-15-20-21(16)22-25(23(4,5)27-20)18-13-9-10-14-19(18)26(22)24(17,7-2)8-3/h9-15,17H,6-8H2,1-5H3/q+1. The number of hydrogen-bond donors (Lipinski definition) is 0. The van der Waals surface area contributed by atoms with Gasteiger partial charge in [-0.05, 0) is 43.0 Å². The molecule has 27 heavy (non-hydrogen) atoms. The van der Waals surface area contributed by atoms with Crippen molar-refractivity contribution in [2.24, 2.45) is 0 Å². The molecule has 0 saturated heterocycles. The van der Waals surface area contributed by atoms with Gasteiger partial charge in [-0.15, -0.1) is 0 Å². The first-order valence-corrected chi connectivity index (χ1v) is 10.4. The Hall–Kier alpha value is -2.29. The maximum Gasteiger partial charge on any atom is 0.297 e. The lowest BCUT2D eigenvalue weighted by Gasteiger charge is -2.44. The van der Waals surface area contributed by atoms with Crippen molar-refractivity contribution in [1.82, 2.24) is 4.57 Å². The molecular formula is C24H29N2O+. The van der Waals surface area contributed by atoms with Crippen molar-refractivity contribution in [2.75, 3.05) is 0 Å². The lowest BCUT2D eigenvalue weighted by Crippen LogP contribution is -2.60. The smallest absolute Gasteiger partial charge is 0.297 e. The molecule has 2 aliphatic heterocycles. The van der Waals surface area contributed by atoms with E-state index in [1.807, 2.05) is 0 Å². The van der Waals surface area contributed by atoms with Gasteiger partial charge in [-0.25, -0.2) is 4.57 Å². The number of benzene rings is 2. The zero-order chi connectivity index (χ0) is 19.0. The highest BCUT2D eigenvalue weighted by Gasteiger charge is 2.55. The van der Waals surface area contributed by atoms with Crippen molar-refractivity contribution < 1.29 is 9.30 Å². The maximum atomic E-state index is 6.56. The van der Waals surface area contributed by atoms with E-state index in [4.69, 9.17) is 4.74 Å². The molecule has 0 N–H and O–H groups in total. The van der Waals surface area contributed by atoms with Gasteiger partial charge in [-0.1, -0.05) is 45.0 Å². The second-order valence-corrected chi connectivity index (χ2v) is 8.52. The summed E-state index contributed by atoms with van der Waals surface area (Å²) >= 11 is 0. The molecule has 2 aliphatic rings. The van der Waals surface area contributed by atoms with Crippen LogP contribution >= 0.6 is 0 Å². The number of hydrogen-bond acceptors (Lipinski definition) is 1. The number of para-hydroxylation sites is 2. The molecule has 3 nitrogen and oxygen atoms in total. The van der Waals surface area contributed by atoms with Crippen LogP contribution in [-0.4, -0.2) is 4.57 Å². The van der Waals surface area contributed by atoms with Gasteiger partial charge in [0, 0.05) is 19.8 Å². The van der Waals surface area contributed by atoms with Gasteiger partial charge in [-0.2, -0.15) is 4.57 Å². The molecule has 0 radical (unpaired) electrons. The van der Waals surface area contributed by atoms with Gasteiger partial charge in [0.15, 0.2) is 11.0 Å². The molecular weight excluding hydrogens is 332 g/mol. The van der Waals surface area contributed by atoms with Crippen LogP contribution in [-0.2, 0) is 11.3 Å². The fraction of sp³-hybridized carbons (Fsp3) is 0.458. The summed E-state index contributed by atoms with van der Waals surface area (Å²) in [4.78, 5) is 0. The molecule has 0 aliphatic carbocycles. The Morgan fingerprint density at radius 1 is 1.00 bits per heavy atom. The van der Waals surface area contributed by atoms with Crippen LogP contribution in [0, 0.1) is 0 Å². The third kappa shape index (κ3) is 1.85. The first-order valence-electron chi connectivity index (χ1n) is 10.4. The van der Waals surface area contributed by atoms with Crippen molar-refractivity contribution in [1.29, 1.82) is 0 Å². The van der Waals surface area contributed by atoms with E-state index < -0.39 is 5.72 Å². The van der Waals surface area contributed by atoms with Gasteiger partial charge in [0.2, 0.25) is 5.72 Å². The highest BCUT2D eigenvalue weighted by molar-refractivity contribution is 5.81. The summed E-state index contributed by atoms with van der Waals surface area (Å²) in [5.41, 5.74) is 5.02. The summed E-state index contributed by atoms with van der Waals surface area (Å²) in [5, 5.41) is 0. The molecule has 3 heterocycles. The largest absolute Gasteiger partial charge is 0.449 e. The second kappa shape index (κ2) is 5.37. The third-order valence-corrected chi connectivity index (χ3v) is 7.07. The SMILES string of the molecule is CCC1c2cccc3c2-c2n(c4ccccc4[n+]2C(C)(C)O3)C1(CC)CC.